The number of rotatable bonds is 7. The average molecular weight is 322 g/mol. The highest BCUT2D eigenvalue weighted by Crippen LogP contribution is 2.26. The molecular formula is C16H18N8. The molecule has 122 valence electrons. The highest BCUT2D eigenvalue weighted by molar-refractivity contribution is 5.67. The molecule has 24 heavy (non-hydrogen) atoms. The number of azide groups is 2. The SMILES string of the molecule is [N-]=[N+]=NCc1cc(CN=[N+]=[N-])cc(-c2cc(CN)cc(CN)c2)c1. The third-order valence-corrected chi connectivity index (χ3v) is 3.54. The van der Waals surface area contributed by atoms with Crippen molar-refractivity contribution >= 4 is 0 Å². The highest BCUT2D eigenvalue weighted by Gasteiger charge is 2.06. The van der Waals surface area contributed by atoms with Gasteiger partial charge in [0.15, 0.2) is 0 Å². The molecule has 0 bridgehead atoms. The van der Waals surface area contributed by atoms with Crippen LogP contribution in [0, 0.1) is 0 Å². The molecule has 0 amide bonds. The second-order valence-corrected chi connectivity index (χ2v) is 5.26. The molecule has 0 saturated heterocycles. The third kappa shape index (κ3) is 4.49. The van der Waals surface area contributed by atoms with Crippen molar-refractivity contribution in [2.45, 2.75) is 26.2 Å². The maximum absolute atomic E-state index is 8.53. The zero-order chi connectivity index (χ0) is 17.4. The van der Waals surface area contributed by atoms with Crippen molar-refractivity contribution in [3.05, 3.63) is 79.5 Å². The van der Waals surface area contributed by atoms with Crippen LogP contribution >= 0.6 is 0 Å². The van der Waals surface area contributed by atoms with Crippen LogP contribution < -0.4 is 11.5 Å². The fourth-order valence-electron chi connectivity index (χ4n) is 2.50. The largest absolute Gasteiger partial charge is 0.326 e. The first-order chi connectivity index (χ1) is 11.7. The number of nitrogens with zero attached hydrogens (tertiary/aromatic N) is 6. The van der Waals surface area contributed by atoms with E-state index in [4.69, 9.17) is 22.5 Å². The van der Waals surface area contributed by atoms with E-state index in [0.717, 1.165) is 33.4 Å². The van der Waals surface area contributed by atoms with Gasteiger partial charge in [0.2, 0.25) is 0 Å². The van der Waals surface area contributed by atoms with Crippen molar-refractivity contribution in [2.24, 2.45) is 21.7 Å². The summed E-state index contributed by atoms with van der Waals surface area (Å²) < 4.78 is 0. The molecule has 2 aromatic carbocycles. The molecule has 2 aromatic rings. The number of hydrogen-bond acceptors (Lipinski definition) is 4. The summed E-state index contributed by atoms with van der Waals surface area (Å²) in [5.74, 6) is 0. The van der Waals surface area contributed by atoms with E-state index in [9.17, 15) is 0 Å². The Kier molecular flexibility index (Phi) is 6.19. The van der Waals surface area contributed by atoms with Crippen molar-refractivity contribution in [2.75, 3.05) is 0 Å². The second kappa shape index (κ2) is 8.57. The first-order valence-corrected chi connectivity index (χ1v) is 7.38. The fraction of sp³-hybridized carbons (Fsp3) is 0.250. The van der Waals surface area contributed by atoms with Gasteiger partial charge in [-0.15, -0.1) is 0 Å². The number of benzene rings is 2. The fourth-order valence-corrected chi connectivity index (χ4v) is 2.50. The van der Waals surface area contributed by atoms with Crippen molar-refractivity contribution in [1.29, 1.82) is 0 Å². The van der Waals surface area contributed by atoms with Gasteiger partial charge in [-0.05, 0) is 56.6 Å². The maximum Gasteiger partial charge on any atom is 0.0511 e. The minimum Gasteiger partial charge on any atom is -0.326 e. The Labute approximate surface area is 139 Å². The summed E-state index contributed by atoms with van der Waals surface area (Å²) in [5.41, 5.74) is 34.2. The Morgan fingerprint density at radius 3 is 1.42 bits per heavy atom. The zero-order valence-corrected chi connectivity index (χ0v) is 13.1. The normalized spacial score (nSPS) is 9.92. The monoisotopic (exact) mass is 322 g/mol. The second-order valence-electron chi connectivity index (χ2n) is 5.26. The highest BCUT2D eigenvalue weighted by atomic mass is 15.1. The topological polar surface area (TPSA) is 150 Å². The molecular weight excluding hydrogens is 304 g/mol. The molecule has 0 heterocycles. The van der Waals surface area contributed by atoms with Crippen LogP contribution in [0.5, 0.6) is 0 Å². The molecule has 2 rings (SSSR count). The van der Waals surface area contributed by atoms with E-state index in [-0.39, 0.29) is 13.1 Å². The van der Waals surface area contributed by atoms with Crippen molar-refractivity contribution in [3.8, 4) is 11.1 Å². The molecule has 0 aliphatic carbocycles. The molecule has 0 radical (unpaired) electrons. The van der Waals surface area contributed by atoms with Crippen LogP contribution in [-0.2, 0) is 26.2 Å². The van der Waals surface area contributed by atoms with E-state index in [1.54, 1.807) is 0 Å². The lowest BCUT2D eigenvalue weighted by atomic mass is 9.96. The summed E-state index contributed by atoms with van der Waals surface area (Å²) in [5, 5.41) is 7.21. The lowest BCUT2D eigenvalue weighted by molar-refractivity contribution is 1.01. The summed E-state index contributed by atoms with van der Waals surface area (Å²) in [6.45, 7) is 1.30. The van der Waals surface area contributed by atoms with Crippen LogP contribution in [0.3, 0.4) is 0 Å². The van der Waals surface area contributed by atoms with Crippen LogP contribution in [0.15, 0.2) is 46.6 Å². The Balaban J connectivity index is 2.54. The maximum atomic E-state index is 8.53. The predicted octanol–water partition coefficient (Wildman–Crippen LogP) is 3.89. The van der Waals surface area contributed by atoms with Gasteiger partial charge in [0.05, 0.1) is 13.1 Å². The molecule has 0 atom stereocenters. The van der Waals surface area contributed by atoms with E-state index in [0.29, 0.717) is 13.1 Å². The minimum absolute atomic E-state index is 0.230. The summed E-state index contributed by atoms with van der Waals surface area (Å²) in [7, 11) is 0. The first kappa shape index (κ1) is 17.3. The summed E-state index contributed by atoms with van der Waals surface area (Å²) in [6, 6.07) is 11.7. The Bertz CT molecular complexity index is 756. The van der Waals surface area contributed by atoms with Gasteiger partial charge in [-0.25, -0.2) is 0 Å². The van der Waals surface area contributed by atoms with Crippen LogP contribution in [0.1, 0.15) is 22.3 Å². The van der Waals surface area contributed by atoms with Crippen molar-refractivity contribution < 1.29 is 0 Å². The molecule has 0 unspecified atom stereocenters. The van der Waals surface area contributed by atoms with Gasteiger partial charge in [0, 0.05) is 22.9 Å². The number of nitrogens with two attached hydrogens (primary N) is 2. The molecule has 0 aliphatic rings. The van der Waals surface area contributed by atoms with Crippen molar-refractivity contribution in [1.82, 2.24) is 0 Å². The van der Waals surface area contributed by atoms with Gasteiger partial charge in [0.1, 0.15) is 0 Å². The first-order valence-electron chi connectivity index (χ1n) is 7.38. The van der Waals surface area contributed by atoms with E-state index >= 15 is 0 Å². The molecule has 8 heteroatoms. The Morgan fingerprint density at radius 2 is 1.04 bits per heavy atom. The third-order valence-electron chi connectivity index (χ3n) is 3.54. The summed E-state index contributed by atoms with van der Waals surface area (Å²) in [4.78, 5) is 5.58. The Morgan fingerprint density at radius 1 is 0.667 bits per heavy atom. The van der Waals surface area contributed by atoms with Gasteiger partial charge >= 0.3 is 0 Å². The van der Waals surface area contributed by atoms with Crippen LogP contribution in [0.25, 0.3) is 32.0 Å². The molecule has 0 aliphatic heterocycles. The average Bonchev–Trinajstić information content (AvgIpc) is 2.63. The number of hydrogen-bond donors (Lipinski definition) is 2. The lowest BCUT2D eigenvalue weighted by Gasteiger charge is -2.11. The van der Waals surface area contributed by atoms with Gasteiger partial charge in [-0.3, -0.25) is 0 Å². The molecule has 0 fully saturated rings. The van der Waals surface area contributed by atoms with Gasteiger partial charge in [0.25, 0.3) is 0 Å². The van der Waals surface area contributed by atoms with Gasteiger partial charge in [-0.1, -0.05) is 34.5 Å². The predicted molar refractivity (Wildman–Crippen MR) is 93.4 cm³/mol. The van der Waals surface area contributed by atoms with Gasteiger partial charge in [-0.2, -0.15) is 0 Å². The van der Waals surface area contributed by atoms with E-state index in [1.165, 1.54) is 0 Å². The molecule has 0 aromatic heterocycles. The van der Waals surface area contributed by atoms with E-state index < -0.39 is 0 Å². The van der Waals surface area contributed by atoms with Crippen LogP contribution in [0.4, 0.5) is 0 Å². The molecule has 8 nitrogen and oxygen atoms in total. The smallest absolute Gasteiger partial charge is 0.0511 e. The van der Waals surface area contributed by atoms with Gasteiger partial charge < -0.3 is 11.5 Å². The van der Waals surface area contributed by atoms with Crippen LogP contribution in [-0.4, -0.2) is 0 Å². The van der Waals surface area contributed by atoms with Crippen molar-refractivity contribution in [3.63, 3.8) is 0 Å². The summed E-state index contributed by atoms with van der Waals surface area (Å²) >= 11 is 0. The standard InChI is InChI=1S/C16H18N8/c17-7-11-1-12(8-18)4-15(3-11)16-5-13(9-21-23-19)2-14(6-16)10-22-24-20/h1-6H,7-10,17-18H2. The minimum atomic E-state index is 0.230. The van der Waals surface area contributed by atoms with E-state index in [1.807, 2.05) is 36.4 Å². The quantitative estimate of drug-likeness (QED) is 0.451. The molecule has 0 spiro atoms. The Hall–Kier alpha value is -3.02. The van der Waals surface area contributed by atoms with E-state index in [2.05, 4.69) is 20.1 Å². The molecule has 0 saturated carbocycles. The lowest BCUT2D eigenvalue weighted by Crippen LogP contribution is -2.02. The van der Waals surface area contributed by atoms with Crippen LogP contribution in [0.2, 0.25) is 0 Å². The summed E-state index contributed by atoms with van der Waals surface area (Å²) in [6.07, 6.45) is 0. The molecule has 4 N–H and O–H groups in total. The zero-order valence-electron chi connectivity index (χ0n) is 13.1.